The maximum Gasteiger partial charge on any atom is 0.345 e. The number of carbonyl (C=O) groups is 2. The molecule has 4 heterocycles. The lowest BCUT2D eigenvalue weighted by molar-refractivity contribution is -0.227. The third kappa shape index (κ3) is 5.88. The summed E-state index contributed by atoms with van der Waals surface area (Å²) < 4.78 is 35.2. The first-order valence-electron chi connectivity index (χ1n) is 14.7. The van der Waals surface area contributed by atoms with Crippen LogP contribution < -0.4 is 21.3 Å². The Morgan fingerprint density at radius 1 is 1.10 bits per heavy atom. The van der Waals surface area contributed by atoms with Gasteiger partial charge in [-0.2, -0.15) is 8.78 Å². The van der Waals surface area contributed by atoms with Gasteiger partial charge in [-0.1, -0.05) is 0 Å². The number of hydrogen-bond donors (Lipinski definition) is 4. The van der Waals surface area contributed by atoms with Crippen LogP contribution in [0.2, 0.25) is 0 Å². The lowest BCUT2D eigenvalue weighted by Gasteiger charge is -2.57. The number of hydrogen-bond acceptors (Lipinski definition) is 8. The summed E-state index contributed by atoms with van der Waals surface area (Å²) in [7, 11) is 1.73. The molecule has 2 amide bonds. The third-order valence-corrected chi connectivity index (χ3v) is 12.1. The van der Waals surface area contributed by atoms with Crippen LogP contribution in [0.4, 0.5) is 8.78 Å². The second kappa shape index (κ2) is 11.7. The number of methoxy groups -OCH3 is 1. The molecule has 6 aliphatic rings. The summed E-state index contributed by atoms with van der Waals surface area (Å²) in [6.45, 7) is 2.07. The maximum atomic E-state index is 13.6. The maximum absolute atomic E-state index is 13.6. The molecule has 6 fully saturated rings. The summed E-state index contributed by atoms with van der Waals surface area (Å²) in [6, 6.07) is 0.472. The van der Waals surface area contributed by atoms with Crippen molar-refractivity contribution in [3.05, 3.63) is 0 Å². The molecule has 13 heteroatoms. The fraction of sp³-hybridized carbons (Fsp3) is 0.926. The molecule has 0 aromatic rings. The molecule has 2 aliphatic carbocycles. The minimum Gasteiger partial charge on any atom is -0.380 e. The molecule has 6 rings (SSSR count). The van der Waals surface area contributed by atoms with Crippen LogP contribution in [0.1, 0.15) is 45.4 Å². The molecule has 226 valence electrons. The molecule has 9 unspecified atom stereocenters. The second-order valence-corrected chi connectivity index (χ2v) is 14.9. The summed E-state index contributed by atoms with van der Waals surface area (Å²) in [4.78, 5) is 28.7. The van der Waals surface area contributed by atoms with Crippen molar-refractivity contribution in [1.82, 2.24) is 26.2 Å². The van der Waals surface area contributed by atoms with Crippen LogP contribution in [0.3, 0.4) is 0 Å². The number of rotatable bonds is 7. The van der Waals surface area contributed by atoms with Gasteiger partial charge in [0.25, 0.3) is 0 Å². The van der Waals surface area contributed by atoms with Crippen molar-refractivity contribution in [2.75, 3.05) is 33.3 Å². The highest BCUT2D eigenvalue weighted by Gasteiger charge is 2.57. The molecular formula is C27H42ClF2N5O4S. The Labute approximate surface area is 243 Å². The van der Waals surface area contributed by atoms with E-state index in [2.05, 4.69) is 32.9 Å². The summed E-state index contributed by atoms with van der Waals surface area (Å²) in [5.74, 6) is 0.455. The van der Waals surface area contributed by atoms with E-state index in [1.165, 1.54) is 0 Å². The molecular weight excluding hydrogens is 564 g/mol. The largest absolute Gasteiger partial charge is 0.380 e. The van der Waals surface area contributed by atoms with Gasteiger partial charge in [0, 0.05) is 56.5 Å². The smallest absolute Gasteiger partial charge is 0.345 e. The van der Waals surface area contributed by atoms with Crippen LogP contribution in [0, 0.1) is 29.1 Å². The van der Waals surface area contributed by atoms with E-state index in [1.54, 1.807) is 18.9 Å². The number of piperidine rings is 2. The normalized spacial score (nSPS) is 46.6. The monoisotopic (exact) mass is 605 g/mol. The number of fused-ring (bicyclic) bond motifs is 1. The third-order valence-electron chi connectivity index (χ3n) is 10.4. The first-order valence-corrected chi connectivity index (χ1v) is 16.1. The number of thioether (sulfide) groups is 1. The average Bonchev–Trinajstić information content (AvgIpc) is 3.42. The van der Waals surface area contributed by atoms with E-state index < -0.39 is 6.61 Å². The van der Waals surface area contributed by atoms with Gasteiger partial charge in [-0.25, -0.2) is 0 Å². The Hall–Kier alpha value is -0.760. The molecule has 4 saturated heterocycles. The summed E-state index contributed by atoms with van der Waals surface area (Å²) in [5, 5.41) is 13.8. The van der Waals surface area contributed by atoms with Crippen LogP contribution in [0.5, 0.6) is 0 Å². The highest BCUT2D eigenvalue weighted by molar-refractivity contribution is 8.00. The molecule has 9 atom stereocenters. The predicted octanol–water partition coefficient (Wildman–Crippen LogP) is 1.90. The van der Waals surface area contributed by atoms with E-state index in [-0.39, 0.29) is 75.4 Å². The van der Waals surface area contributed by atoms with Gasteiger partial charge in [-0.3, -0.25) is 20.2 Å². The molecule has 0 radical (unpaired) electrons. The van der Waals surface area contributed by atoms with Crippen LogP contribution in [0.15, 0.2) is 0 Å². The fourth-order valence-electron chi connectivity index (χ4n) is 8.35. The Balaban J connectivity index is 0.979. The molecule has 40 heavy (non-hydrogen) atoms. The van der Waals surface area contributed by atoms with Crippen LogP contribution in [0.25, 0.3) is 0 Å². The molecule has 1 spiro atoms. The molecule has 0 aromatic heterocycles. The van der Waals surface area contributed by atoms with Crippen molar-refractivity contribution in [2.24, 2.45) is 29.1 Å². The fourth-order valence-corrected chi connectivity index (χ4v) is 10.0. The number of likely N-dealkylation sites (tertiary alicyclic amines) is 1. The number of nitrogens with zero attached hydrogens (tertiary/aromatic N) is 1. The van der Waals surface area contributed by atoms with Crippen molar-refractivity contribution in [3.8, 4) is 0 Å². The molecule has 4 N–H and O–H groups in total. The van der Waals surface area contributed by atoms with Crippen molar-refractivity contribution in [2.45, 2.75) is 92.6 Å². The van der Waals surface area contributed by atoms with Gasteiger partial charge < -0.3 is 25.0 Å². The quantitative estimate of drug-likeness (QED) is 0.258. The lowest BCUT2D eigenvalue weighted by atomic mass is 9.50. The van der Waals surface area contributed by atoms with Gasteiger partial charge in [0.15, 0.2) is 0 Å². The number of halogens is 3. The average molecular weight is 606 g/mol. The van der Waals surface area contributed by atoms with Crippen LogP contribution in [-0.4, -0.2) is 97.2 Å². The summed E-state index contributed by atoms with van der Waals surface area (Å²) in [5.41, 5.74) is -0.262. The van der Waals surface area contributed by atoms with E-state index in [0.29, 0.717) is 45.1 Å². The highest BCUT2D eigenvalue weighted by atomic mass is 35.5. The number of carbonyl (C=O) groups excluding carboxylic acids is 2. The summed E-state index contributed by atoms with van der Waals surface area (Å²) >= 11 is 8.16. The lowest BCUT2D eigenvalue weighted by Crippen LogP contribution is -2.57. The number of ether oxygens (including phenoxy) is 2. The van der Waals surface area contributed by atoms with Crippen molar-refractivity contribution >= 4 is 35.2 Å². The van der Waals surface area contributed by atoms with Gasteiger partial charge >= 0.3 is 6.61 Å². The van der Waals surface area contributed by atoms with Crippen molar-refractivity contribution in [1.29, 1.82) is 0 Å². The van der Waals surface area contributed by atoms with E-state index >= 15 is 0 Å². The SMILES string of the molecule is COC1CNC(Cl)CC1C1CC(C)NCC1C(=O)NC1NC2CN(C(=O)C3CC4(CC(OC(F)F)C4)C3)CC2S1. The zero-order chi connectivity index (χ0) is 28.2. The van der Waals surface area contributed by atoms with E-state index in [1.807, 2.05) is 4.90 Å². The zero-order valence-corrected chi connectivity index (χ0v) is 24.7. The van der Waals surface area contributed by atoms with E-state index in [4.69, 9.17) is 16.3 Å². The van der Waals surface area contributed by atoms with Crippen LogP contribution >= 0.6 is 23.4 Å². The first-order chi connectivity index (χ1) is 19.1. The standard InChI is InChI=1S/C27H42ClF2N5O4S/c1-13-3-16(17-4-22(28)32-10-20(17)38-2)18(9-31-13)23(36)34-26-33-19-11-35(12-21(19)40-26)24(37)14-5-27(6-14)7-15(8-27)39-25(29)30/h13-22,25-26,31-33H,3-12H2,1-2H3,(H,34,36). The van der Waals surface area contributed by atoms with E-state index in [9.17, 15) is 18.4 Å². The Morgan fingerprint density at radius 2 is 1.88 bits per heavy atom. The topological polar surface area (TPSA) is 104 Å². The number of amides is 2. The molecule has 0 bridgehead atoms. The predicted molar refractivity (Wildman–Crippen MR) is 148 cm³/mol. The summed E-state index contributed by atoms with van der Waals surface area (Å²) in [6.07, 6.45) is 4.18. The van der Waals surface area contributed by atoms with Gasteiger partial charge in [-0.15, -0.1) is 23.4 Å². The molecule has 2 saturated carbocycles. The highest BCUT2D eigenvalue weighted by Crippen LogP contribution is 2.60. The Bertz CT molecular complexity index is 942. The van der Waals surface area contributed by atoms with Gasteiger partial charge in [0.2, 0.25) is 11.8 Å². The van der Waals surface area contributed by atoms with Crippen LogP contribution in [-0.2, 0) is 19.1 Å². The molecule has 4 aliphatic heterocycles. The first kappa shape index (κ1) is 29.3. The van der Waals surface area contributed by atoms with Gasteiger partial charge in [-0.05, 0) is 62.7 Å². The zero-order valence-electron chi connectivity index (χ0n) is 23.1. The minimum absolute atomic E-state index is 0.0107. The van der Waals surface area contributed by atoms with Gasteiger partial charge in [0.05, 0.1) is 23.6 Å². The number of alkyl halides is 3. The Morgan fingerprint density at radius 3 is 2.58 bits per heavy atom. The van der Waals surface area contributed by atoms with Crippen molar-refractivity contribution in [3.63, 3.8) is 0 Å². The molecule has 9 nitrogen and oxygen atoms in total. The number of nitrogens with one attached hydrogen (secondary N) is 4. The molecule has 0 aromatic carbocycles. The minimum atomic E-state index is -2.72. The second-order valence-electron chi connectivity index (χ2n) is 13.0. The van der Waals surface area contributed by atoms with E-state index in [0.717, 1.165) is 25.7 Å². The van der Waals surface area contributed by atoms with Crippen molar-refractivity contribution < 1.29 is 27.8 Å². The van der Waals surface area contributed by atoms with Gasteiger partial charge in [0.1, 0.15) is 5.50 Å². The Kier molecular flexibility index (Phi) is 8.60.